The molecule has 7 nitrogen and oxygen atoms in total. The monoisotopic (exact) mass is 524 g/mol. The van der Waals surface area contributed by atoms with Crippen LogP contribution in [0.1, 0.15) is 0 Å². The van der Waals surface area contributed by atoms with Gasteiger partial charge in [0.2, 0.25) is 11.8 Å². The average molecular weight is 526 g/mol. The molecule has 176 valence electrons. The molecule has 11 heteroatoms. The van der Waals surface area contributed by atoms with Crippen molar-refractivity contribution < 1.29 is 28.2 Å². The molecule has 2 saturated heterocycles. The van der Waals surface area contributed by atoms with Crippen molar-refractivity contribution in [3.63, 3.8) is 0 Å². The highest BCUT2D eigenvalue weighted by Gasteiger charge is 2.67. The third-order valence-electron chi connectivity index (χ3n) is 6.14. The zero-order valence-corrected chi connectivity index (χ0v) is 19.5. The Morgan fingerprint density at radius 3 is 2.53 bits per heavy atom. The Bertz CT molecular complexity index is 1240. The summed E-state index contributed by atoms with van der Waals surface area (Å²) in [5.74, 6) is -3.18. The summed E-state index contributed by atoms with van der Waals surface area (Å²) in [6, 6.07) is 7.93. The minimum atomic E-state index is -1.17. The molecule has 5 rings (SSSR count). The first kappa shape index (κ1) is 23.1. The first-order chi connectivity index (χ1) is 16.2. The fourth-order valence-electron chi connectivity index (χ4n) is 4.60. The number of anilines is 1. The second-order valence-electron chi connectivity index (χ2n) is 8.15. The van der Waals surface area contributed by atoms with Gasteiger partial charge in [-0.3, -0.25) is 14.4 Å². The van der Waals surface area contributed by atoms with Gasteiger partial charge in [0.25, 0.3) is 5.91 Å². The number of nitrogens with zero attached hydrogens (tertiary/aromatic N) is 1. The van der Waals surface area contributed by atoms with Crippen molar-refractivity contribution >= 4 is 58.2 Å². The quantitative estimate of drug-likeness (QED) is 0.352. The Hall–Kier alpha value is -2.65. The fraction of sp³-hybridized carbons (Fsp3) is 0.261. The van der Waals surface area contributed by atoms with E-state index in [0.717, 1.165) is 4.90 Å². The van der Waals surface area contributed by atoms with Gasteiger partial charge in [-0.25, -0.2) is 9.29 Å². The second kappa shape index (κ2) is 8.53. The van der Waals surface area contributed by atoms with E-state index in [1.165, 1.54) is 36.4 Å². The van der Waals surface area contributed by atoms with Crippen molar-refractivity contribution in [2.45, 2.75) is 11.7 Å². The number of imide groups is 1. The molecule has 2 bridgehead atoms. The van der Waals surface area contributed by atoms with Crippen LogP contribution in [0.5, 0.6) is 5.75 Å². The van der Waals surface area contributed by atoms with Crippen molar-refractivity contribution in [3.05, 3.63) is 69.4 Å². The third kappa shape index (κ3) is 3.75. The van der Waals surface area contributed by atoms with Crippen molar-refractivity contribution in [1.29, 1.82) is 0 Å². The molecule has 34 heavy (non-hydrogen) atoms. The lowest BCUT2D eigenvalue weighted by Gasteiger charge is -2.29. The predicted molar refractivity (Wildman–Crippen MR) is 123 cm³/mol. The highest BCUT2D eigenvalue weighted by Crippen LogP contribution is 2.52. The van der Waals surface area contributed by atoms with E-state index in [-0.39, 0.29) is 39.7 Å². The Balaban J connectivity index is 1.27. The summed E-state index contributed by atoms with van der Waals surface area (Å²) in [6.07, 6.45) is 2.84. The average Bonchev–Trinajstić information content (AvgIpc) is 3.45. The number of benzene rings is 2. The normalized spacial score (nSPS) is 26.8. The van der Waals surface area contributed by atoms with Gasteiger partial charge in [0, 0.05) is 6.07 Å². The summed E-state index contributed by atoms with van der Waals surface area (Å²) in [6.45, 7) is -0.418. The topological polar surface area (TPSA) is 84.9 Å². The minimum absolute atomic E-state index is 0.0469. The molecule has 3 heterocycles. The molecule has 0 saturated carbocycles. The standard InChI is InChI=1S/C23H16Cl3FN2O5/c24-13-7-15(26)17(8-14(13)25)33-9-18(30)28-10-23-6-5-16(34-23)19-20(23)22(32)29(21(19)31)12-3-1-11(27)2-4-12/h1-8,16,19-20H,9-10H2,(H,28,30)/t16-,19+,20+,23-/m1/s1. The summed E-state index contributed by atoms with van der Waals surface area (Å²) < 4.78 is 24.7. The van der Waals surface area contributed by atoms with Crippen LogP contribution in [0.2, 0.25) is 15.1 Å². The molecule has 0 unspecified atom stereocenters. The number of carbonyl (C=O) groups is 3. The molecule has 3 aliphatic rings. The molecule has 3 amide bonds. The van der Waals surface area contributed by atoms with Crippen molar-refractivity contribution in [2.24, 2.45) is 11.8 Å². The molecule has 2 fully saturated rings. The van der Waals surface area contributed by atoms with Gasteiger partial charge in [-0.1, -0.05) is 47.0 Å². The van der Waals surface area contributed by atoms with Crippen LogP contribution in [-0.2, 0) is 19.1 Å². The molecule has 2 aromatic rings. The van der Waals surface area contributed by atoms with Crippen LogP contribution in [0.25, 0.3) is 0 Å². The van der Waals surface area contributed by atoms with E-state index < -0.39 is 47.1 Å². The number of ether oxygens (including phenoxy) is 2. The molecule has 2 aromatic carbocycles. The van der Waals surface area contributed by atoms with E-state index in [1.807, 2.05) is 0 Å². The first-order valence-corrected chi connectivity index (χ1v) is 11.4. The smallest absolute Gasteiger partial charge is 0.258 e. The summed E-state index contributed by atoms with van der Waals surface area (Å²) in [4.78, 5) is 39.8. The summed E-state index contributed by atoms with van der Waals surface area (Å²) in [7, 11) is 0. The van der Waals surface area contributed by atoms with Gasteiger partial charge in [-0.15, -0.1) is 0 Å². The van der Waals surface area contributed by atoms with Gasteiger partial charge in [-0.2, -0.15) is 0 Å². The maximum atomic E-state index is 13.3. The molecule has 0 radical (unpaired) electrons. The highest BCUT2D eigenvalue weighted by atomic mass is 35.5. The van der Waals surface area contributed by atoms with E-state index in [4.69, 9.17) is 44.3 Å². The molecule has 3 aliphatic heterocycles. The first-order valence-electron chi connectivity index (χ1n) is 10.2. The van der Waals surface area contributed by atoms with E-state index in [2.05, 4.69) is 5.32 Å². The molecule has 0 aliphatic carbocycles. The number of halogens is 4. The van der Waals surface area contributed by atoms with Crippen LogP contribution < -0.4 is 15.0 Å². The van der Waals surface area contributed by atoms with E-state index in [0.29, 0.717) is 0 Å². The zero-order chi connectivity index (χ0) is 24.2. The van der Waals surface area contributed by atoms with Gasteiger partial charge in [0.05, 0.1) is 45.2 Å². The lowest BCUT2D eigenvalue weighted by atomic mass is 9.77. The van der Waals surface area contributed by atoms with Crippen LogP contribution in [-0.4, -0.2) is 42.6 Å². The number of carbonyl (C=O) groups excluding carboxylic acids is 3. The lowest BCUT2D eigenvalue weighted by molar-refractivity contribution is -0.129. The van der Waals surface area contributed by atoms with Crippen LogP contribution >= 0.6 is 34.8 Å². The maximum Gasteiger partial charge on any atom is 0.258 e. The van der Waals surface area contributed by atoms with Crippen LogP contribution in [0.15, 0.2) is 48.6 Å². The van der Waals surface area contributed by atoms with Crippen molar-refractivity contribution in [2.75, 3.05) is 18.1 Å². The minimum Gasteiger partial charge on any atom is -0.482 e. The van der Waals surface area contributed by atoms with Gasteiger partial charge < -0.3 is 14.8 Å². The highest BCUT2D eigenvalue weighted by molar-refractivity contribution is 6.43. The van der Waals surface area contributed by atoms with Gasteiger partial charge in [0.1, 0.15) is 17.2 Å². The molecule has 4 atom stereocenters. The van der Waals surface area contributed by atoms with Crippen LogP contribution in [0, 0.1) is 17.7 Å². The number of fused-ring (bicyclic) bond motifs is 5. The Labute approximate surface area is 208 Å². The fourth-order valence-corrected chi connectivity index (χ4v) is 5.19. The van der Waals surface area contributed by atoms with Gasteiger partial charge >= 0.3 is 0 Å². The number of rotatable bonds is 6. The summed E-state index contributed by atoms with van der Waals surface area (Å²) in [5, 5.41) is 3.37. The Morgan fingerprint density at radius 2 is 1.79 bits per heavy atom. The Kier molecular flexibility index (Phi) is 5.80. The summed E-state index contributed by atoms with van der Waals surface area (Å²) >= 11 is 17.9. The predicted octanol–water partition coefficient (Wildman–Crippen LogP) is 3.79. The van der Waals surface area contributed by atoms with E-state index >= 15 is 0 Å². The number of hydrogen-bond donors (Lipinski definition) is 1. The molecule has 0 spiro atoms. The second-order valence-corrected chi connectivity index (χ2v) is 9.37. The molecular weight excluding hydrogens is 510 g/mol. The zero-order valence-electron chi connectivity index (χ0n) is 17.3. The van der Waals surface area contributed by atoms with Gasteiger partial charge in [0.15, 0.2) is 6.61 Å². The van der Waals surface area contributed by atoms with Crippen LogP contribution in [0.4, 0.5) is 10.1 Å². The van der Waals surface area contributed by atoms with E-state index in [1.54, 1.807) is 12.2 Å². The van der Waals surface area contributed by atoms with Crippen molar-refractivity contribution in [1.82, 2.24) is 5.32 Å². The van der Waals surface area contributed by atoms with E-state index in [9.17, 15) is 18.8 Å². The summed E-state index contributed by atoms with van der Waals surface area (Å²) in [5.41, 5.74) is -0.885. The number of hydrogen-bond acceptors (Lipinski definition) is 5. The number of nitrogens with one attached hydrogen (secondary N) is 1. The Morgan fingerprint density at radius 1 is 1.09 bits per heavy atom. The van der Waals surface area contributed by atoms with Crippen LogP contribution in [0.3, 0.4) is 0 Å². The van der Waals surface area contributed by atoms with Crippen molar-refractivity contribution in [3.8, 4) is 5.75 Å². The third-order valence-corrected chi connectivity index (χ3v) is 7.15. The molecule has 0 aromatic heterocycles. The SMILES string of the molecule is O=C(COc1cc(Cl)c(Cl)cc1Cl)NC[C@@]12C=C[C@@H](O1)[C@@H]1C(=O)N(c3ccc(F)cc3)C(=O)[C@H]12. The molecular formula is C23H16Cl3FN2O5. The molecule has 1 N–H and O–H groups in total. The van der Waals surface area contributed by atoms with Gasteiger partial charge in [-0.05, 0) is 30.3 Å². The number of amides is 3. The maximum absolute atomic E-state index is 13.3. The largest absolute Gasteiger partial charge is 0.482 e. The lowest BCUT2D eigenvalue weighted by Crippen LogP contribution is -2.49.